The fourth-order valence-corrected chi connectivity index (χ4v) is 9.02. The van der Waals surface area contributed by atoms with Gasteiger partial charge in [0.2, 0.25) is 11.8 Å². The Morgan fingerprint density at radius 3 is 2.68 bits per heavy atom. The number of piperidine rings is 1. The van der Waals surface area contributed by atoms with Crippen molar-refractivity contribution in [3.05, 3.63) is 36.0 Å². The fraction of sp³-hybridized carbons (Fsp3) is 0.621. The predicted octanol–water partition coefficient (Wildman–Crippen LogP) is 2.37. The van der Waals surface area contributed by atoms with Crippen LogP contribution in [-0.4, -0.2) is 56.6 Å². The van der Waals surface area contributed by atoms with Gasteiger partial charge in [0.05, 0.1) is 17.7 Å². The minimum absolute atomic E-state index is 0.105. The molecule has 37 heavy (non-hydrogen) atoms. The number of nitrogens with two attached hydrogens (primary N) is 1. The van der Waals surface area contributed by atoms with Crippen LogP contribution in [0.5, 0.6) is 0 Å². The summed E-state index contributed by atoms with van der Waals surface area (Å²) in [7, 11) is 0. The van der Waals surface area contributed by atoms with Crippen molar-refractivity contribution in [1.29, 1.82) is 5.26 Å². The molecule has 6 fully saturated rings. The van der Waals surface area contributed by atoms with E-state index < -0.39 is 29.1 Å². The summed E-state index contributed by atoms with van der Waals surface area (Å²) >= 11 is 0. The number of aromatic nitrogens is 1. The Balaban J connectivity index is 1.18. The first-order valence-corrected chi connectivity index (χ1v) is 13.8. The van der Waals surface area contributed by atoms with E-state index in [1.807, 2.05) is 30.5 Å². The molecule has 1 saturated heterocycles. The minimum atomic E-state index is -0.814. The Hall–Kier alpha value is -2.89. The fourth-order valence-electron chi connectivity index (χ4n) is 9.02. The molecule has 2 aromatic rings. The number of nitrogens with zero attached hydrogens (tertiary/aromatic N) is 2. The number of nitriles is 1. The Morgan fingerprint density at radius 1 is 1.19 bits per heavy atom. The van der Waals surface area contributed by atoms with E-state index in [1.54, 1.807) is 4.90 Å². The zero-order chi connectivity index (χ0) is 25.5. The maximum Gasteiger partial charge on any atom is 0.247 e. The van der Waals surface area contributed by atoms with Crippen molar-refractivity contribution in [3.63, 3.8) is 0 Å². The van der Waals surface area contributed by atoms with Crippen LogP contribution in [0.4, 0.5) is 0 Å². The number of hydrogen-bond acceptors (Lipinski definition) is 5. The zero-order valence-electron chi connectivity index (χ0n) is 21.0. The van der Waals surface area contributed by atoms with Crippen LogP contribution in [0.2, 0.25) is 0 Å². The van der Waals surface area contributed by atoms with Crippen LogP contribution in [0.1, 0.15) is 56.9 Å². The molecule has 5 saturated carbocycles. The summed E-state index contributed by atoms with van der Waals surface area (Å²) in [6, 6.07) is 8.34. The number of para-hydroxylation sites is 1. The van der Waals surface area contributed by atoms with Crippen LogP contribution < -0.4 is 11.1 Å². The quantitative estimate of drug-likeness (QED) is 0.482. The summed E-state index contributed by atoms with van der Waals surface area (Å²) in [6.45, 7) is 0. The molecule has 5 N–H and O–H groups in total. The molecule has 6 aliphatic rings. The van der Waals surface area contributed by atoms with Crippen LogP contribution >= 0.6 is 0 Å². The molecule has 0 spiro atoms. The van der Waals surface area contributed by atoms with Crippen LogP contribution in [0.25, 0.3) is 10.9 Å². The lowest BCUT2D eigenvalue weighted by Gasteiger charge is -2.62. The van der Waals surface area contributed by atoms with Crippen molar-refractivity contribution in [2.45, 2.75) is 87.6 Å². The number of aliphatic hydroxyl groups is 1. The van der Waals surface area contributed by atoms with Gasteiger partial charge in [0.1, 0.15) is 12.1 Å². The van der Waals surface area contributed by atoms with Gasteiger partial charge in [-0.05, 0) is 87.2 Å². The van der Waals surface area contributed by atoms with Crippen molar-refractivity contribution in [2.24, 2.45) is 28.9 Å². The molecule has 8 heteroatoms. The zero-order valence-corrected chi connectivity index (χ0v) is 21.0. The molecule has 194 valence electrons. The summed E-state index contributed by atoms with van der Waals surface area (Å²) in [4.78, 5) is 32.9. The monoisotopic (exact) mass is 501 g/mol. The largest absolute Gasteiger partial charge is 0.390 e. The second-order valence-corrected chi connectivity index (χ2v) is 12.8. The number of H-pyrrole nitrogens is 1. The molecule has 7 atom stereocenters. The SMILES string of the molecule is N#CC1CC2CC2N1C(=O)C(NC(=O)C(N)Cc1c[nH]c2ccccc12)C12CC3CC(CC(O)(C3)C1)C2. The van der Waals surface area contributed by atoms with Gasteiger partial charge in [-0.3, -0.25) is 9.59 Å². The molecular weight excluding hydrogens is 466 g/mol. The second kappa shape index (κ2) is 8.05. The Morgan fingerprint density at radius 2 is 1.95 bits per heavy atom. The highest BCUT2D eigenvalue weighted by Crippen LogP contribution is 2.63. The molecular formula is C29H35N5O3. The van der Waals surface area contributed by atoms with Crippen LogP contribution in [0.15, 0.2) is 30.5 Å². The minimum Gasteiger partial charge on any atom is -0.390 e. The standard InChI is InChI=1S/C29H35N5O3/c30-13-20-6-18-8-24(18)34(20)27(36)25(28-9-16-5-17(10-28)12-29(37,11-16)15-28)33-26(35)22(31)7-19-14-32-23-4-2-1-3-21(19)23/h1-4,14,16-18,20,22,24-25,32,37H,5-12,15,31H2,(H,33,35). The highest BCUT2D eigenvalue weighted by Gasteiger charge is 2.64. The topological polar surface area (TPSA) is 135 Å². The number of amides is 2. The van der Waals surface area contributed by atoms with E-state index in [0.29, 0.717) is 30.6 Å². The molecule has 1 aromatic heterocycles. The smallest absolute Gasteiger partial charge is 0.247 e. The second-order valence-electron chi connectivity index (χ2n) is 12.8. The maximum absolute atomic E-state index is 14.3. The first-order valence-electron chi connectivity index (χ1n) is 13.8. The molecule has 8 nitrogen and oxygen atoms in total. The molecule has 4 bridgehead atoms. The van der Waals surface area contributed by atoms with Gasteiger partial charge in [-0.15, -0.1) is 0 Å². The number of benzene rings is 1. The number of hydrogen-bond donors (Lipinski definition) is 4. The van der Waals surface area contributed by atoms with E-state index >= 15 is 0 Å². The predicted molar refractivity (Wildman–Crippen MR) is 137 cm³/mol. The third-order valence-electron chi connectivity index (χ3n) is 10.2. The first kappa shape index (κ1) is 23.2. The molecule has 2 heterocycles. The highest BCUT2D eigenvalue weighted by molar-refractivity contribution is 5.92. The third-order valence-corrected chi connectivity index (χ3v) is 10.2. The number of rotatable bonds is 6. The van der Waals surface area contributed by atoms with Crippen LogP contribution in [0, 0.1) is 34.5 Å². The number of nitrogens with one attached hydrogen (secondary N) is 2. The molecule has 0 radical (unpaired) electrons. The Kier molecular flexibility index (Phi) is 5.06. The van der Waals surface area contributed by atoms with Crippen molar-refractivity contribution in [3.8, 4) is 6.07 Å². The van der Waals surface area contributed by atoms with Gasteiger partial charge < -0.3 is 26.0 Å². The summed E-state index contributed by atoms with van der Waals surface area (Å²) < 4.78 is 0. The van der Waals surface area contributed by atoms with E-state index in [1.165, 1.54) is 0 Å². The molecule has 8 rings (SSSR count). The summed E-state index contributed by atoms with van der Waals surface area (Å²) in [5.41, 5.74) is 7.17. The number of carbonyl (C=O) groups excluding carboxylic acids is 2. The molecule has 2 amide bonds. The number of likely N-dealkylation sites (tertiary alicyclic amines) is 1. The van der Waals surface area contributed by atoms with Gasteiger partial charge >= 0.3 is 0 Å². The van der Waals surface area contributed by atoms with E-state index in [0.717, 1.165) is 61.4 Å². The molecule has 5 aliphatic carbocycles. The summed E-state index contributed by atoms with van der Waals surface area (Å²) in [6.07, 6.45) is 8.76. The van der Waals surface area contributed by atoms with Gasteiger partial charge in [0.15, 0.2) is 0 Å². The van der Waals surface area contributed by atoms with E-state index in [4.69, 9.17) is 5.73 Å². The lowest BCUT2D eigenvalue weighted by atomic mass is 9.46. The van der Waals surface area contributed by atoms with Crippen LogP contribution in [-0.2, 0) is 16.0 Å². The van der Waals surface area contributed by atoms with E-state index in [2.05, 4.69) is 16.4 Å². The summed E-state index contributed by atoms with van der Waals surface area (Å²) in [5.74, 6) is 0.658. The average Bonchev–Trinajstić information content (AvgIpc) is 3.33. The summed E-state index contributed by atoms with van der Waals surface area (Å²) in [5, 5.41) is 25.4. The maximum atomic E-state index is 14.3. The van der Waals surface area contributed by atoms with E-state index in [-0.39, 0.29) is 17.9 Å². The molecule has 7 unspecified atom stereocenters. The molecule has 1 aliphatic heterocycles. The third kappa shape index (κ3) is 3.70. The number of aromatic amines is 1. The molecule has 1 aromatic carbocycles. The number of fused-ring (bicyclic) bond motifs is 2. The van der Waals surface area contributed by atoms with E-state index in [9.17, 15) is 20.0 Å². The van der Waals surface area contributed by atoms with Gasteiger partial charge in [0.25, 0.3) is 0 Å². The Bertz CT molecular complexity index is 1300. The van der Waals surface area contributed by atoms with Gasteiger partial charge in [-0.2, -0.15) is 5.26 Å². The van der Waals surface area contributed by atoms with Gasteiger partial charge in [-0.25, -0.2) is 0 Å². The van der Waals surface area contributed by atoms with Gasteiger partial charge in [-0.1, -0.05) is 18.2 Å². The van der Waals surface area contributed by atoms with Crippen molar-refractivity contribution >= 4 is 22.7 Å². The van der Waals surface area contributed by atoms with Crippen LogP contribution in [0.3, 0.4) is 0 Å². The normalized spacial score (nSPS) is 38.7. The first-order chi connectivity index (χ1) is 17.8. The van der Waals surface area contributed by atoms with Crippen molar-refractivity contribution < 1.29 is 14.7 Å². The Labute approximate surface area is 216 Å². The van der Waals surface area contributed by atoms with Crippen molar-refractivity contribution in [1.82, 2.24) is 15.2 Å². The highest BCUT2D eigenvalue weighted by atomic mass is 16.3. The van der Waals surface area contributed by atoms with Crippen molar-refractivity contribution in [2.75, 3.05) is 0 Å². The lowest BCUT2D eigenvalue weighted by molar-refractivity contribution is -0.182. The lowest BCUT2D eigenvalue weighted by Crippen LogP contribution is -2.67. The average molecular weight is 502 g/mol. The van der Waals surface area contributed by atoms with Gasteiger partial charge in [0, 0.05) is 28.6 Å². The number of carbonyl (C=O) groups is 2.